The van der Waals surface area contributed by atoms with Gasteiger partial charge in [-0.25, -0.2) is 0 Å². The van der Waals surface area contributed by atoms with Crippen LogP contribution in [-0.2, 0) is 23.8 Å². The van der Waals surface area contributed by atoms with E-state index in [9.17, 15) is 9.59 Å². The normalized spacial score (nSPS) is 12.4. The third-order valence-electron chi connectivity index (χ3n) is 10.1. The SMILES string of the molecule is CCCC/C=C\CCCCCCCC(=O)OC(COCCCCCCCCCCCCCC)COC(=O)CCCCCCC/C=C\C/C=C\CCCCC. The zero-order valence-corrected chi connectivity index (χ0v) is 36.2. The Hall–Kier alpha value is -1.88. The van der Waals surface area contributed by atoms with Crippen LogP contribution in [0.25, 0.3) is 0 Å². The third kappa shape index (κ3) is 42.9. The molecule has 0 spiro atoms. The molecule has 316 valence electrons. The van der Waals surface area contributed by atoms with Crippen molar-refractivity contribution < 1.29 is 23.8 Å². The number of allylic oxidation sites excluding steroid dienone is 6. The Bertz CT molecular complexity index is 862. The summed E-state index contributed by atoms with van der Waals surface area (Å²) >= 11 is 0. The second-order valence-electron chi connectivity index (χ2n) is 15.7. The van der Waals surface area contributed by atoms with E-state index in [1.165, 1.54) is 141 Å². The molecule has 0 saturated carbocycles. The van der Waals surface area contributed by atoms with E-state index in [-0.39, 0.29) is 25.2 Å². The first-order valence-electron chi connectivity index (χ1n) is 23.5. The zero-order valence-electron chi connectivity index (χ0n) is 36.2. The number of hydrogen-bond donors (Lipinski definition) is 0. The fraction of sp³-hybridized carbons (Fsp3) is 0.837. The van der Waals surface area contributed by atoms with Crippen molar-refractivity contribution in [3.63, 3.8) is 0 Å². The lowest BCUT2D eigenvalue weighted by atomic mass is 10.1. The van der Waals surface area contributed by atoms with Crippen molar-refractivity contribution >= 4 is 11.9 Å². The van der Waals surface area contributed by atoms with Crippen LogP contribution >= 0.6 is 0 Å². The van der Waals surface area contributed by atoms with Crippen LogP contribution in [0.15, 0.2) is 36.5 Å². The Kier molecular flexibility index (Phi) is 43.9. The molecule has 1 atom stereocenters. The molecule has 54 heavy (non-hydrogen) atoms. The van der Waals surface area contributed by atoms with Crippen molar-refractivity contribution in [3.8, 4) is 0 Å². The monoisotopic (exact) mass is 759 g/mol. The molecule has 1 unspecified atom stereocenters. The lowest BCUT2D eigenvalue weighted by Gasteiger charge is -2.18. The maximum atomic E-state index is 12.7. The molecule has 0 aromatic carbocycles. The van der Waals surface area contributed by atoms with Gasteiger partial charge in [-0.3, -0.25) is 9.59 Å². The lowest BCUT2D eigenvalue weighted by molar-refractivity contribution is -0.163. The summed E-state index contributed by atoms with van der Waals surface area (Å²) in [7, 11) is 0. The van der Waals surface area contributed by atoms with Gasteiger partial charge in [0.1, 0.15) is 6.61 Å². The van der Waals surface area contributed by atoms with Gasteiger partial charge in [-0.15, -0.1) is 0 Å². The van der Waals surface area contributed by atoms with E-state index in [4.69, 9.17) is 14.2 Å². The highest BCUT2D eigenvalue weighted by Crippen LogP contribution is 2.14. The van der Waals surface area contributed by atoms with E-state index in [0.29, 0.717) is 19.4 Å². The number of ether oxygens (including phenoxy) is 3. The van der Waals surface area contributed by atoms with Crippen LogP contribution in [0.3, 0.4) is 0 Å². The van der Waals surface area contributed by atoms with Gasteiger partial charge in [-0.1, -0.05) is 192 Å². The third-order valence-corrected chi connectivity index (χ3v) is 10.1. The lowest BCUT2D eigenvalue weighted by Crippen LogP contribution is -2.30. The van der Waals surface area contributed by atoms with E-state index in [0.717, 1.165) is 64.2 Å². The largest absolute Gasteiger partial charge is 0.462 e. The summed E-state index contributed by atoms with van der Waals surface area (Å²) in [6.07, 6.45) is 52.8. The Labute approximate surface area is 336 Å². The molecule has 0 N–H and O–H groups in total. The van der Waals surface area contributed by atoms with E-state index < -0.39 is 6.10 Å². The van der Waals surface area contributed by atoms with Crippen molar-refractivity contribution in [2.75, 3.05) is 19.8 Å². The smallest absolute Gasteiger partial charge is 0.306 e. The Morgan fingerprint density at radius 3 is 1.33 bits per heavy atom. The quantitative estimate of drug-likeness (QED) is 0.0352. The topological polar surface area (TPSA) is 61.8 Å². The maximum Gasteiger partial charge on any atom is 0.306 e. The molecule has 0 radical (unpaired) electrons. The van der Waals surface area contributed by atoms with Gasteiger partial charge in [0.05, 0.1) is 6.61 Å². The van der Waals surface area contributed by atoms with Gasteiger partial charge in [0.25, 0.3) is 0 Å². The molecule has 0 heterocycles. The van der Waals surface area contributed by atoms with Gasteiger partial charge in [0.2, 0.25) is 0 Å². The summed E-state index contributed by atoms with van der Waals surface area (Å²) in [5.41, 5.74) is 0. The van der Waals surface area contributed by atoms with Gasteiger partial charge >= 0.3 is 11.9 Å². The molecule has 5 nitrogen and oxygen atoms in total. The van der Waals surface area contributed by atoms with Crippen molar-refractivity contribution in [2.24, 2.45) is 0 Å². The minimum absolute atomic E-state index is 0.0784. The molecule has 0 aliphatic carbocycles. The molecule has 0 bridgehead atoms. The minimum atomic E-state index is -0.539. The Balaban J connectivity index is 4.25. The van der Waals surface area contributed by atoms with Crippen molar-refractivity contribution in [1.82, 2.24) is 0 Å². The predicted molar refractivity (Wildman–Crippen MR) is 233 cm³/mol. The fourth-order valence-electron chi connectivity index (χ4n) is 6.58. The number of carbonyl (C=O) groups excluding carboxylic acids is 2. The Morgan fingerprint density at radius 1 is 0.407 bits per heavy atom. The molecule has 0 aliphatic rings. The molecular weight excluding hydrogens is 669 g/mol. The molecule has 0 fully saturated rings. The number of esters is 2. The molecule has 0 aromatic rings. The summed E-state index contributed by atoms with van der Waals surface area (Å²) in [5.74, 6) is -0.416. The van der Waals surface area contributed by atoms with Gasteiger partial charge in [0, 0.05) is 19.4 Å². The average Bonchev–Trinajstić information content (AvgIpc) is 3.17. The van der Waals surface area contributed by atoms with Crippen molar-refractivity contribution in [3.05, 3.63) is 36.5 Å². The average molecular weight is 759 g/mol. The summed E-state index contributed by atoms with van der Waals surface area (Å²) in [6, 6.07) is 0. The minimum Gasteiger partial charge on any atom is -0.462 e. The van der Waals surface area contributed by atoms with Crippen LogP contribution in [0, 0.1) is 0 Å². The van der Waals surface area contributed by atoms with E-state index in [2.05, 4.69) is 57.2 Å². The summed E-state index contributed by atoms with van der Waals surface area (Å²) in [6.45, 7) is 7.76. The van der Waals surface area contributed by atoms with Crippen LogP contribution in [-0.4, -0.2) is 37.9 Å². The maximum absolute atomic E-state index is 12.7. The molecule has 5 heteroatoms. The second-order valence-corrected chi connectivity index (χ2v) is 15.7. The van der Waals surface area contributed by atoms with Crippen LogP contribution < -0.4 is 0 Å². The number of hydrogen-bond acceptors (Lipinski definition) is 5. The predicted octanol–water partition coefficient (Wildman–Crippen LogP) is 15.4. The molecule has 0 rings (SSSR count). The number of unbranched alkanes of at least 4 members (excludes halogenated alkanes) is 26. The van der Waals surface area contributed by atoms with Crippen LogP contribution in [0.2, 0.25) is 0 Å². The van der Waals surface area contributed by atoms with Gasteiger partial charge in [0.15, 0.2) is 6.10 Å². The molecule has 0 aliphatic heterocycles. The second kappa shape index (κ2) is 45.5. The molecule has 0 amide bonds. The van der Waals surface area contributed by atoms with Gasteiger partial charge in [-0.05, 0) is 70.6 Å². The molecular formula is C49H90O5. The molecule has 0 aromatic heterocycles. The summed E-state index contributed by atoms with van der Waals surface area (Å²) < 4.78 is 17.3. The van der Waals surface area contributed by atoms with Gasteiger partial charge in [-0.2, -0.15) is 0 Å². The summed E-state index contributed by atoms with van der Waals surface area (Å²) in [4.78, 5) is 25.2. The molecule has 0 saturated heterocycles. The highest BCUT2D eigenvalue weighted by molar-refractivity contribution is 5.70. The highest BCUT2D eigenvalue weighted by Gasteiger charge is 2.17. The standard InChI is InChI=1S/C49H90O5/c1-4-7-10-13-16-19-22-24-25-26-28-30-33-36-39-42-48(50)53-46-47(45-52-44-41-38-35-32-29-23-20-17-14-11-8-5-2)54-49(51)43-40-37-34-31-27-21-18-15-12-9-6-3/h15-16,18-19,24-25,47H,4-14,17,20-23,26-46H2,1-3H3/b18-15-,19-16-,25-24-. The van der Waals surface area contributed by atoms with Crippen molar-refractivity contribution in [1.29, 1.82) is 0 Å². The van der Waals surface area contributed by atoms with Gasteiger partial charge < -0.3 is 14.2 Å². The first-order valence-corrected chi connectivity index (χ1v) is 23.5. The number of rotatable bonds is 43. The van der Waals surface area contributed by atoms with Crippen LogP contribution in [0.5, 0.6) is 0 Å². The van der Waals surface area contributed by atoms with E-state index in [1.807, 2.05) is 0 Å². The Morgan fingerprint density at radius 2 is 0.796 bits per heavy atom. The van der Waals surface area contributed by atoms with Crippen molar-refractivity contribution in [2.45, 2.75) is 245 Å². The highest BCUT2D eigenvalue weighted by atomic mass is 16.6. The zero-order chi connectivity index (χ0) is 39.3. The fourth-order valence-corrected chi connectivity index (χ4v) is 6.58. The first kappa shape index (κ1) is 52.1. The summed E-state index contributed by atoms with van der Waals surface area (Å²) in [5, 5.41) is 0. The van der Waals surface area contributed by atoms with Crippen LogP contribution in [0.1, 0.15) is 239 Å². The van der Waals surface area contributed by atoms with Crippen LogP contribution in [0.4, 0.5) is 0 Å². The number of carbonyl (C=O) groups is 2. The first-order chi connectivity index (χ1) is 26.6. The van der Waals surface area contributed by atoms with E-state index >= 15 is 0 Å². The van der Waals surface area contributed by atoms with E-state index in [1.54, 1.807) is 0 Å².